The third-order valence-electron chi connectivity index (χ3n) is 3.96. The van der Waals surface area contributed by atoms with E-state index < -0.39 is 0 Å². The van der Waals surface area contributed by atoms with E-state index in [1.807, 2.05) is 36.4 Å². The van der Waals surface area contributed by atoms with Gasteiger partial charge in [-0.1, -0.05) is 41.0 Å². The van der Waals surface area contributed by atoms with E-state index in [2.05, 4.69) is 15.5 Å². The third-order valence-corrected chi connectivity index (χ3v) is 4.21. The maximum atomic E-state index is 12.0. The molecule has 0 bridgehead atoms. The van der Waals surface area contributed by atoms with Gasteiger partial charge in [0.05, 0.1) is 6.61 Å². The van der Waals surface area contributed by atoms with Gasteiger partial charge >= 0.3 is 0 Å². The minimum Gasteiger partial charge on any atom is -0.380 e. The number of ether oxygens (including phenoxy) is 1. The molecule has 1 heterocycles. The standard InChI is InChI=1S/C20H20ClN3O3/c1-26-13-15-4-2-14(3-5-15)12-22-18(25)10-11-19-23-20(24-27-19)16-6-8-17(21)9-7-16/h2-9H,10-13H2,1H3,(H,22,25). The number of nitrogens with one attached hydrogen (secondary N) is 1. The van der Waals surface area contributed by atoms with Gasteiger partial charge in [-0.15, -0.1) is 0 Å². The summed E-state index contributed by atoms with van der Waals surface area (Å²) >= 11 is 5.87. The first-order valence-corrected chi connectivity index (χ1v) is 8.94. The summed E-state index contributed by atoms with van der Waals surface area (Å²) in [6, 6.07) is 15.1. The summed E-state index contributed by atoms with van der Waals surface area (Å²) in [7, 11) is 1.66. The quantitative estimate of drug-likeness (QED) is 0.638. The van der Waals surface area contributed by atoms with Gasteiger partial charge in [0, 0.05) is 37.1 Å². The van der Waals surface area contributed by atoms with Gasteiger partial charge in [0.2, 0.25) is 17.6 Å². The van der Waals surface area contributed by atoms with Crippen molar-refractivity contribution in [1.29, 1.82) is 0 Å². The highest BCUT2D eigenvalue weighted by atomic mass is 35.5. The number of rotatable bonds is 8. The average molecular weight is 386 g/mol. The first-order valence-electron chi connectivity index (χ1n) is 8.56. The van der Waals surface area contributed by atoms with E-state index in [0.29, 0.717) is 36.3 Å². The Labute approximate surface area is 162 Å². The zero-order chi connectivity index (χ0) is 19.1. The van der Waals surface area contributed by atoms with Crippen molar-refractivity contribution in [2.75, 3.05) is 7.11 Å². The highest BCUT2D eigenvalue weighted by Crippen LogP contribution is 2.19. The molecule has 6 nitrogen and oxygen atoms in total. The van der Waals surface area contributed by atoms with E-state index in [9.17, 15) is 4.79 Å². The topological polar surface area (TPSA) is 77.2 Å². The Morgan fingerprint density at radius 2 is 1.81 bits per heavy atom. The summed E-state index contributed by atoms with van der Waals surface area (Å²) in [5, 5.41) is 7.48. The number of nitrogens with zero attached hydrogens (tertiary/aromatic N) is 2. The van der Waals surface area contributed by atoms with Crippen LogP contribution in [0.1, 0.15) is 23.4 Å². The number of benzene rings is 2. The second kappa shape index (κ2) is 9.30. The minimum atomic E-state index is -0.0674. The van der Waals surface area contributed by atoms with Crippen LogP contribution in [0.25, 0.3) is 11.4 Å². The highest BCUT2D eigenvalue weighted by Gasteiger charge is 2.10. The number of hydrogen-bond donors (Lipinski definition) is 1. The Balaban J connectivity index is 1.46. The molecule has 0 spiro atoms. The predicted molar refractivity (Wildman–Crippen MR) is 102 cm³/mol. The fourth-order valence-corrected chi connectivity index (χ4v) is 2.63. The molecule has 2 aromatic carbocycles. The molecule has 0 aliphatic heterocycles. The van der Waals surface area contributed by atoms with Crippen molar-refractivity contribution < 1.29 is 14.1 Å². The summed E-state index contributed by atoms with van der Waals surface area (Å²) in [5.74, 6) is 0.847. The van der Waals surface area contributed by atoms with Crippen molar-refractivity contribution in [3.05, 3.63) is 70.6 Å². The summed E-state index contributed by atoms with van der Waals surface area (Å²) in [4.78, 5) is 16.4. The van der Waals surface area contributed by atoms with Gasteiger partial charge in [-0.3, -0.25) is 4.79 Å². The molecule has 1 aromatic heterocycles. The van der Waals surface area contributed by atoms with E-state index in [1.165, 1.54) is 0 Å². The second-order valence-electron chi connectivity index (χ2n) is 6.04. The lowest BCUT2D eigenvalue weighted by atomic mass is 10.1. The molecular weight excluding hydrogens is 366 g/mol. The molecule has 0 saturated carbocycles. The molecule has 0 saturated heterocycles. The lowest BCUT2D eigenvalue weighted by Gasteiger charge is -2.06. The zero-order valence-electron chi connectivity index (χ0n) is 14.9. The Morgan fingerprint density at radius 1 is 1.11 bits per heavy atom. The Kier molecular flexibility index (Phi) is 6.57. The summed E-state index contributed by atoms with van der Waals surface area (Å²) in [6.45, 7) is 1.06. The molecule has 0 fully saturated rings. The molecule has 3 rings (SSSR count). The Morgan fingerprint density at radius 3 is 2.52 bits per heavy atom. The number of halogens is 1. The fourth-order valence-electron chi connectivity index (χ4n) is 2.50. The van der Waals surface area contributed by atoms with Crippen LogP contribution in [0.15, 0.2) is 53.1 Å². The number of amides is 1. The van der Waals surface area contributed by atoms with Crippen LogP contribution in [-0.4, -0.2) is 23.2 Å². The second-order valence-corrected chi connectivity index (χ2v) is 6.48. The molecule has 1 amide bonds. The molecule has 0 radical (unpaired) electrons. The largest absolute Gasteiger partial charge is 0.380 e. The lowest BCUT2D eigenvalue weighted by molar-refractivity contribution is -0.121. The smallest absolute Gasteiger partial charge is 0.227 e. The van der Waals surface area contributed by atoms with Crippen molar-refractivity contribution in [3.63, 3.8) is 0 Å². The molecule has 7 heteroatoms. The van der Waals surface area contributed by atoms with Gasteiger partial charge in [-0.25, -0.2) is 0 Å². The van der Waals surface area contributed by atoms with Crippen LogP contribution in [0.4, 0.5) is 0 Å². The van der Waals surface area contributed by atoms with E-state index in [4.69, 9.17) is 20.9 Å². The SMILES string of the molecule is COCc1ccc(CNC(=O)CCc2nc(-c3ccc(Cl)cc3)no2)cc1. The van der Waals surface area contributed by atoms with Crippen molar-refractivity contribution >= 4 is 17.5 Å². The number of aryl methyl sites for hydroxylation is 1. The van der Waals surface area contributed by atoms with Crippen molar-refractivity contribution in [2.45, 2.75) is 26.0 Å². The van der Waals surface area contributed by atoms with E-state index >= 15 is 0 Å². The van der Waals surface area contributed by atoms with Crippen LogP contribution in [0, 0.1) is 0 Å². The first kappa shape index (κ1) is 19.1. The molecule has 0 atom stereocenters. The Hall–Kier alpha value is -2.70. The van der Waals surface area contributed by atoms with Gasteiger partial charge in [-0.05, 0) is 35.4 Å². The monoisotopic (exact) mass is 385 g/mol. The van der Waals surface area contributed by atoms with Gasteiger partial charge in [0.1, 0.15) is 0 Å². The molecule has 3 aromatic rings. The number of hydrogen-bond acceptors (Lipinski definition) is 5. The summed E-state index contributed by atoms with van der Waals surface area (Å²) in [5.41, 5.74) is 2.95. The molecule has 1 N–H and O–H groups in total. The van der Waals surface area contributed by atoms with Crippen molar-refractivity contribution in [2.24, 2.45) is 0 Å². The number of aromatic nitrogens is 2. The first-order chi connectivity index (χ1) is 13.1. The molecule has 140 valence electrons. The van der Waals surface area contributed by atoms with Crippen LogP contribution >= 0.6 is 11.6 Å². The molecule has 27 heavy (non-hydrogen) atoms. The number of carbonyl (C=O) groups is 1. The fraction of sp³-hybridized carbons (Fsp3) is 0.250. The van der Waals surface area contributed by atoms with Gasteiger partial charge in [0.15, 0.2) is 0 Å². The molecule has 0 aliphatic carbocycles. The molecule has 0 aliphatic rings. The average Bonchev–Trinajstić information content (AvgIpc) is 3.16. The third kappa shape index (κ3) is 5.64. The van der Waals surface area contributed by atoms with E-state index in [0.717, 1.165) is 16.7 Å². The van der Waals surface area contributed by atoms with Gasteiger partial charge in [-0.2, -0.15) is 4.98 Å². The van der Waals surface area contributed by atoms with Crippen LogP contribution in [0.2, 0.25) is 5.02 Å². The van der Waals surface area contributed by atoms with Gasteiger partial charge < -0.3 is 14.6 Å². The van der Waals surface area contributed by atoms with E-state index in [-0.39, 0.29) is 12.3 Å². The maximum Gasteiger partial charge on any atom is 0.227 e. The number of carbonyl (C=O) groups excluding carboxylic acids is 1. The van der Waals surface area contributed by atoms with Crippen molar-refractivity contribution in [1.82, 2.24) is 15.5 Å². The minimum absolute atomic E-state index is 0.0674. The van der Waals surface area contributed by atoms with Crippen LogP contribution in [0.3, 0.4) is 0 Å². The van der Waals surface area contributed by atoms with Crippen LogP contribution in [0.5, 0.6) is 0 Å². The Bertz CT molecular complexity index is 876. The maximum absolute atomic E-state index is 12.0. The lowest BCUT2D eigenvalue weighted by Crippen LogP contribution is -2.23. The molecular formula is C20H20ClN3O3. The van der Waals surface area contributed by atoms with Crippen LogP contribution in [-0.2, 0) is 29.1 Å². The van der Waals surface area contributed by atoms with Crippen LogP contribution < -0.4 is 5.32 Å². The van der Waals surface area contributed by atoms with Gasteiger partial charge in [0.25, 0.3) is 0 Å². The highest BCUT2D eigenvalue weighted by molar-refractivity contribution is 6.30. The summed E-state index contributed by atoms with van der Waals surface area (Å²) in [6.07, 6.45) is 0.670. The number of methoxy groups -OCH3 is 1. The predicted octanol–water partition coefficient (Wildman–Crippen LogP) is 3.79. The summed E-state index contributed by atoms with van der Waals surface area (Å²) < 4.78 is 10.3. The molecule has 0 unspecified atom stereocenters. The van der Waals surface area contributed by atoms with E-state index in [1.54, 1.807) is 19.2 Å². The zero-order valence-corrected chi connectivity index (χ0v) is 15.7. The van der Waals surface area contributed by atoms with Crippen molar-refractivity contribution in [3.8, 4) is 11.4 Å². The normalized spacial score (nSPS) is 10.7.